The minimum absolute atomic E-state index is 0.0902. The number of carbonyl (C=O) groups excluding carboxylic acids is 1. The maximum atomic E-state index is 13.6. The van der Waals surface area contributed by atoms with Crippen LogP contribution in [-0.4, -0.2) is 29.2 Å². The molecule has 4 rings (SSSR count). The van der Waals surface area contributed by atoms with Crippen molar-refractivity contribution in [3.63, 3.8) is 0 Å². The van der Waals surface area contributed by atoms with Gasteiger partial charge in [0.15, 0.2) is 6.10 Å². The Labute approximate surface area is 165 Å². The molecule has 5 heteroatoms. The van der Waals surface area contributed by atoms with Crippen LogP contribution in [0, 0.1) is 18.7 Å². The van der Waals surface area contributed by atoms with Crippen molar-refractivity contribution in [2.24, 2.45) is 11.1 Å². The largest absolute Gasteiger partial charge is 0.390 e. The maximum absolute atomic E-state index is 13.6. The third kappa shape index (κ3) is 4.24. The third-order valence-electron chi connectivity index (χ3n) is 5.57. The molecule has 0 saturated heterocycles. The van der Waals surface area contributed by atoms with Gasteiger partial charge in [-0.05, 0) is 43.0 Å². The van der Waals surface area contributed by atoms with E-state index in [4.69, 9.17) is 4.84 Å². The summed E-state index contributed by atoms with van der Waals surface area (Å²) in [6.45, 7) is 2.91. The Kier molecular flexibility index (Phi) is 5.42. The number of hydrogen-bond acceptors (Lipinski definition) is 3. The lowest BCUT2D eigenvalue weighted by Gasteiger charge is -2.32. The third-order valence-corrected chi connectivity index (χ3v) is 5.57. The lowest BCUT2D eigenvalue weighted by molar-refractivity contribution is -0.140. The summed E-state index contributed by atoms with van der Waals surface area (Å²) < 4.78 is 13.6. The minimum Gasteiger partial charge on any atom is -0.390 e. The highest BCUT2D eigenvalue weighted by Crippen LogP contribution is 2.29. The Balaban J connectivity index is 1.43. The number of rotatable bonds is 6. The average molecular weight is 380 g/mol. The molecule has 28 heavy (non-hydrogen) atoms. The molecule has 1 saturated carbocycles. The van der Waals surface area contributed by atoms with Crippen molar-refractivity contribution < 1.29 is 14.0 Å². The predicted octanol–water partition coefficient (Wildman–Crippen LogP) is 4.46. The number of aryl methyl sites for hydroxylation is 1. The van der Waals surface area contributed by atoms with Crippen molar-refractivity contribution in [1.29, 1.82) is 0 Å². The zero-order chi connectivity index (χ0) is 19.5. The number of benzene rings is 2. The number of hydrogen-bond donors (Lipinski definition) is 0. The molecule has 2 aromatic rings. The first kappa shape index (κ1) is 18.7. The molecule has 1 aliphatic carbocycles. The number of oxime groups is 1. The monoisotopic (exact) mass is 380 g/mol. The van der Waals surface area contributed by atoms with E-state index in [2.05, 4.69) is 24.2 Å². The summed E-state index contributed by atoms with van der Waals surface area (Å²) >= 11 is 0. The first-order valence-corrected chi connectivity index (χ1v) is 9.91. The number of halogens is 1. The second-order valence-electron chi connectivity index (χ2n) is 7.81. The number of nitrogens with zero attached hydrogens (tertiary/aromatic N) is 2. The lowest BCUT2D eigenvalue weighted by Crippen LogP contribution is -2.42. The van der Waals surface area contributed by atoms with Gasteiger partial charge in [-0.25, -0.2) is 4.39 Å². The summed E-state index contributed by atoms with van der Waals surface area (Å²) in [7, 11) is 0. The summed E-state index contributed by atoms with van der Waals surface area (Å²) in [5.74, 6) is -0.0500. The smallest absolute Gasteiger partial charge is 0.226 e. The second-order valence-corrected chi connectivity index (χ2v) is 7.81. The van der Waals surface area contributed by atoms with E-state index in [0.717, 1.165) is 36.1 Å². The molecule has 1 unspecified atom stereocenters. The standard InChI is InChI=1S/C23H25FN2O2/c1-16-8-10-18(11-9-16)22-13-21(28-25-22)15-26(23(27)19-5-3-6-19)14-17-4-2-7-20(24)12-17/h2,4,7-12,19,21H,3,5-6,13-15H2,1H3. The van der Waals surface area contributed by atoms with Crippen LogP contribution in [0.25, 0.3) is 0 Å². The van der Waals surface area contributed by atoms with Crippen LogP contribution >= 0.6 is 0 Å². The van der Waals surface area contributed by atoms with Gasteiger partial charge in [-0.3, -0.25) is 4.79 Å². The highest BCUT2D eigenvalue weighted by atomic mass is 19.1. The quantitative estimate of drug-likeness (QED) is 0.743. The molecule has 1 amide bonds. The van der Waals surface area contributed by atoms with Gasteiger partial charge in [-0.15, -0.1) is 0 Å². The van der Waals surface area contributed by atoms with Crippen LogP contribution in [0.3, 0.4) is 0 Å². The Bertz CT molecular complexity index is 874. The van der Waals surface area contributed by atoms with Crippen LogP contribution < -0.4 is 0 Å². The van der Waals surface area contributed by atoms with Crippen LogP contribution in [-0.2, 0) is 16.2 Å². The summed E-state index contributed by atoms with van der Waals surface area (Å²) in [4.78, 5) is 20.4. The van der Waals surface area contributed by atoms with Crippen molar-refractivity contribution in [2.75, 3.05) is 6.54 Å². The molecule has 1 atom stereocenters. The molecule has 4 nitrogen and oxygen atoms in total. The fraction of sp³-hybridized carbons (Fsp3) is 0.391. The number of carbonyl (C=O) groups is 1. The van der Waals surface area contributed by atoms with Gasteiger partial charge in [-0.2, -0.15) is 0 Å². The number of amides is 1. The molecule has 1 heterocycles. The van der Waals surface area contributed by atoms with E-state index in [1.54, 1.807) is 6.07 Å². The topological polar surface area (TPSA) is 41.9 Å². The molecule has 1 aliphatic heterocycles. The van der Waals surface area contributed by atoms with E-state index in [-0.39, 0.29) is 23.7 Å². The van der Waals surface area contributed by atoms with Gasteiger partial charge in [0.25, 0.3) is 0 Å². The van der Waals surface area contributed by atoms with Gasteiger partial charge >= 0.3 is 0 Å². The van der Waals surface area contributed by atoms with Crippen molar-refractivity contribution in [2.45, 2.75) is 45.3 Å². The van der Waals surface area contributed by atoms with Gasteiger partial charge in [0.1, 0.15) is 5.82 Å². The summed E-state index contributed by atoms with van der Waals surface area (Å²) in [5, 5.41) is 4.25. The lowest BCUT2D eigenvalue weighted by atomic mass is 9.84. The highest BCUT2D eigenvalue weighted by Gasteiger charge is 2.33. The maximum Gasteiger partial charge on any atom is 0.226 e. The molecule has 2 aliphatic rings. The van der Waals surface area contributed by atoms with E-state index in [0.29, 0.717) is 19.5 Å². The van der Waals surface area contributed by atoms with Crippen LogP contribution in [0.5, 0.6) is 0 Å². The normalized spacial score (nSPS) is 18.9. The highest BCUT2D eigenvalue weighted by molar-refractivity contribution is 6.01. The summed E-state index contributed by atoms with van der Waals surface area (Å²) in [6.07, 6.45) is 3.48. The summed E-state index contributed by atoms with van der Waals surface area (Å²) in [6, 6.07) is 14.7. The molecule has 146 valence electrons. The van der Waals surface area contributed by atoms with E-state index >= 15 is 0 Å². The van der Waals surface area contributed by atoms with Crippen molar-refractivity contribution >= 4 is 11.6 Å². The second kappa shape index (κ2) is 8.13. The van der Waals surface area contributed by atoms with Gasteiger partial charge in [-0.1, -0.05) is 53.5 Å². The molecule has 0 N–H and O–H groups in total. The molecular formula is C23H25FN2O2. The molecule has 0 spiro atoms. The van der Waals surface area contributed by atoms with Gasteiger partial charge < -0.3 is 9.74 Å². The van der Waals surface area contributed by atoms with E-state index < -0.39 is 0 Å². The molecule has 1 fully saturated rings. The molecular weight excluding hydrogens is 355 g/mol. The first-order chi connectivity index (χ1) is 13.6. The SMILES string of the molecule is Cc1ccc(C2=NOC(CN(Cc3cccc(F)c3)C(=O)C3CCC3)C2)cc1. The fourth-order valence-corrected chi connectivity index (χ4v) is 3.69. The molecule has 2 aromatic carbocycles. The van der Waals surface area contributed by atoms with E-state index in [9.17, 15) is 9.18 Å². The van der Waals surface area contributed by atoms with E-state index in [1.165, 1.54) is 17.7 Å². The Hall–Kier alpha value is -2.69. The van der Waals surface area contributed by atoms with Crippen molar-refractivity contribution in [3.05, 3.63) is 71.0 Å². The Morgan fingerprint density at radius 2 is 2.00 bits per heavy atom. The zero-order valence-corrected chi connectivity index (χ0v) is 16.1. The summed E-state index contributed by atoms with van der Waals surface area (Å²) in [5.41, 5.74) is 3.96. The minimum atomic E-state index is -0.282. The van der Waals surface area contributed by atoms with Gasteiger partial charge in [0.05, 0.1) is 12.3 Å². The predicted molar refractivity (Wildman–Crippen MR) is 106 cm³/mol. The first-order valence-electron chi connectivity index (χ1n) is 9.91. The molecule has 0 radical (unpaired) electrons. The van der Waals surface area contributed by atoms with Crippen LogP contribution in [0.4, 0.5) is 4.39 Å². The van der Waals surface area contributed by atoms with Gasteiger partial charge in [0, 0.05) is 18.9 Å². The van der Waals surface area contributed by atoms with Crippen LogP contribution in [0.2, 0.25) is 0 Å². The van der Waals surface area contributed by atoms with Crippen molar-refractivity contribution in [3.8, 4) is 0 Å². The fourth-order valence-electron chi connectivity index (χ4n) is 3.69. The van der Waals surface area contributed by atoms with E-state index in [1.807, 2.05) is 23.1 Å². The zero-order valence-electron chi connectivity index (χ0n) is 16.1. The van der Waals surface area contributed by atoms with Gasteiger partial charge in [0.2, 0.25) is 5.91 Å². The van der Waals surface area contributed by atoms with Crippen LogP contribution in [0.1, 0.15) is 42.4 Å². The van der Waals surface area contributed by atoms with Crippen molar-refractivity contribution in [1.82, 2.24) is 4.90 Å². The Morgan fingerprint density at radius 1 is 1.21 bits per heavy atom. The van der Waals surface area contributed by atoms with Crippen LogP contribution in [0.15, 0.2) is 53.7 Å². The Morgan fingerprint density at radius 3 is 2.68 bits per heavy atom. The molecule has 0 aromatic heterocycles. The molecule has 0 bridgehead atoms. The average Bonchev–Trinajstić information content (AvgIpc) is 3.09.